The van der Waals surface area contributed by atoms with Crippen molar-refractivity contribution in [1.29, 1.82) is 0 Å². The SMILES string of the molecule is COCC(O)Cc1nc(-c2cccc(F)c2)no1. The second-order valence-electron chi connectivity index (χ2n) is 3.84. The third kappa shape index (κ3) is 3.12. The Bertz CT molecular complexity index is 516. The minimum atomic E-state index is -0.698. The fraction of sp³-hybridized carbons (Fsp3) is 0.333. The molecule has 0 saturated carbocycles. The number of halogens is 1. The molecule has 2 aromatic rings. The number of methoxy groups -OCH3 is 1. The quantitative estimate of drug-likeness (QED) is 0.871. The van der Waals surface area contributed by atoms with Crippen LogP contribution in [0.1, 0.15) is 5.89 Å². The molecule has 18 heavy (non-hydrogen) atoms. The van der Waals surface area contributed by atoms with Crippen LogP contribution < -0.4 is 0 Å². The number of hydrogen-bond donors (Lipinski definition) is 1. The zero-order valence-corrected chi connectivity index (χ0v) is 9.84. The Hall–Kier alpha value is -1.79. The number of benzene rings is 1. The summed E-state index contributed by atoms with van der Waals surface area (Å²) in [6.07, 6.45) is -0.494. The van der Waals surface area contributed by atoms with E-state index in [4.69, 9.17) is 9.26 Å². The summed E-state index contributed by atoms with van der Waals surface area (Å²) in [4.78, 5) is 4.08. The van der Waals surface area contributed by atoms with Crippen LogP contribution in [-0.2, 0) is 11.2 Å². The van der Waals surface area contributed by atoms with Crippen LogP contribution in [0.2, 0.25) is 0 Å². The van der Waals surface area contributed by atoms with Crippen LogP contribution in [0.5, 0.6) is 0 Å². The highest BCUT2D eigenvalue weighted by Gasteiger charge is 2.13. The average Bonchev–Trinajstić information content (AvgIpc) is 2.78. The maximum absolute atomic E-state index is 13.0. The van der Waals surface area contributed by atoms with Crippen molar-refractivity contribution in [2.24, 2.45) is 0 Å². The molecule has 0 amide bonds. The normalized spacial score (nSPS) is 12.6. The van der Waals surface area contributed by atoms with E-state index in [1.54, 1.807) is 12.1 Å². The monoisotopic (exact) mass is 252 g/mol. The third-order valence-electron chi connectivity index (χ3n) is 2.32. The predicted octanol–water partition coefficient (Wildman–Crippen LogP) is 1.43. The lowest BCUT2D eigenvalue weighted by Gasteiger charge is -2.04. The van der Waals surface area contributed by atoms with Gasteiger partial charge in [0, 0.05) is 12.7 Å². The molecule has 0 radical (unpaired) electrons. The molecule has 1 aromatic heterocycles. The molecule has 1 N–H and O–H groups in total. The van der Waals surface area contributed by atoms with E-state index in [0.29, 0.717) is 17.3 Å². The molecule has 0 aliphatic carbocycles. The number of rotatable bonds is 5. The summed E-state index contributed by atoms with van der Waals surface area (Å²) in [7, 11) is 1.50. The van der Waals surface area contributed by atoms with E-state index in [0.717, 1.165) is 0 Å². The predicted molar refractivity (Wildman–Crippen MR) is 61.3 cm³/mol. The Balaban J connectivity index is 2.10. The third-order valence-corrected chi connectivity index (χ3v) is 2.32. The van der Waals surface area contributed by atoms with Crippen LogP contribution in [0.15, 0.2) is 28.8 Å². The summed E-state index contributed by atoms with van der Waals surface area (Å²) in [5, 5.41) is 13.2. The van der Waals surface area contributed by atoms with Crippen LogP contribution >= 0.6 is 0 Å². The van der Waals surface area contributed by atoms with E-state index >= 15 is 0 Å². The van der Waals surface area contributed by atoms with Crippen molar-refractivity contribution in [3.05, 3.63) is 36.0 Å². The first-order valence-electron chi connectivity index (χ1n) is 5.44. The lowest BCUT2D eigenvalue weighted by Crippen LogP contribution is -2.17. The zero-order valence-electron chi connectivity index (χ0n) is 9.84. The van der Waals surface area contributed by atoms with Crippen molar-refractivity contribution >= 4 is 0 Å². The minimum Gasteiger partial charge on any atom is -0.390 e. The average molecular weight is 252 g/mol. The topological polar surface area (TPSA) is 68.4 Å². The van der Waals surface area contributed by atoms with Crippen molar-refractivity contribution in [3.63, 3.8) is 0 Å². The molecular formula is C12H13FN2O3. The number of nitrogens with zero attached hydrogens (tertiary/aromatic N) is 2. The Labute approximate surface area is 103 Å². The number of aliphatic hydroxyl groups excluding tert-OH is 1. The summed E-state index contributed by atoms with van der Waals surface area (Å²) in [6, 6.07) is 5.91. The van der Waals surface area contributed by atoms with Gasteiger partial charge < -0.3 is 14.4 Å². The lowest BCUT2D eigenvalue weighted by atomic mass is 10.2. The fourth-order valence-electron chi connectivity index (χ4n) is 1.54. The van der Waals surface area contributed by atoms with E-state index in [1.807, 2.05) is 0 Å². The maximum Gasteiger partial charge on any atom is 0.229 e. The molecule has 1 atom stereocenters. The summed E-state index contributed by atoms with van der Waals surface area (Å²) >= 11 is 0. The molecule has 0 bridgehead atoms. The molecule has 1 unspecified atom stereocenters. The molecule has 1 aromatic carbocycles. The molecule has 5 nitrogen and oxygen atoms in total. The first-order chi connectivity index (χ1) is 8.69. The van der Waals surface area contributed by atoms with Gasteiger partial charge in [-0.1, -0.05) is 17.3 Å². The Morgan fingerprint density at radius 3 is 3.06 bits per heavy atom. The largest absolute Gasteiger partial charge is 0.390 e. The highest BCUT2D eigenvalue weighted by atomic mass is 19.1. The van der Waals surface area contributed by atoms with Gasteiger partial charge in [-0.25, -0.2) is 4.39 Å². The van der Waals surface area contributed by atoms with E-state index in [-0.39, 0.29) is 18.8 Å². The highest BCUT2D eigenvalue weighted by molar-refractivity contribution is 5.53. The minimum absolute atomic E-state index is 0.192. The summed E-state index contributed by atoms with van der Waals surface area (Å²) in [6.45, 7) is 0.192. The standard InChI is InChI=1S/C12H13FN2O3/c1-17-7-10(16)6-11-14-12(15-18-11)8-3-2-4-9(13)5-8/h2-5,10,16H,6-7H2,1H3. The molecule has 0 fully saturated rings. The van der Waals surface area contributed by atoms with Crippen LogP contribution in [0, 0.1) is 5.82 Å². The van der Waals surface area contributed by atoms with Gasteiger partial charge in [0.15, 0.2) is 0 Å². The van der Waals surface area contributed by atoms with E-state index in [2.05, 4.69) is 10.1 Å². The highest BCUT2D eigenvalue weighted by Crippen LogP contribution is 2.17. The van der Waals surface area contributed by atoms with Gasteiger partial charge in [0.25, 0.3) is 0 Å². The van der Waals surface area contributed by atoms with E-state index in [9.17, 15) is 9.50 Å². The second-order valence-corrected chi connectivity index (χ2v) is 3.84. The molecule has 1 heterocycles. The van der Waals surface area contributed by atoms with Gasteiger partial charge in [-0.2, -0.15) is 4.98 Å². The summed E-state index contributed by atoms with van der Waals surface area (Å²) in [5.41, 5.74) is 0.534. The molecular weight excluding hydrogens is 239 g/mol. The maximum atomic E-state index is 13.0. The van der Waals surface area contributed by atoms with Crippen LogP contribution in [0.3, 0.4) is 0 Å². The molecule has 0 aliphatic rings. The van der Waals surface area contributed by atoms with Gasteiger partial charge in [-0.15, -0.1) is 0 Å². The van der Waals surface area contributed by atoms with E-state index in [1.165, 1.54) is 19.2 Å². The Morgan fingerprint density at radius 2 is 2.33 bits per heavy atom. The van der Waals surface area contributed by atoms with Crippen LogP contribution in [0.25, 0.3) is 11.4 Å². The van der Waals surface area contributed by atoms with Crippen molar-refractivity contribution in [1.82, 2.24) is 10.1 Å². The molecule has 0 saturated heterocycles. The number of aliphatic hydroxyl groups is 1. The first kappa shape index (κ1) is 12.7. The van der Waals surface area contributed by atoms with Crippen molar-refractivity contribution in [3.8, 4) is 11.4 Å². The van der Waals surface area contributed by atoms with Gasteiger partial charge in [0.05, 0.1) is 19.1 Å². The summed E-state index contributed by atoms with van der Waals surface area (Å²) in [5.74, 6) is 0.228. The van der Waals surface area contributed by atoms with Gasteiger partial charge in [0.1, 0.15) is 5.82 Å². The van der Waals surface area contributed by atoms with Crippen LogP contribution in [-0.4, -0.2) is 35.1 Å². The molecule has 0 spiro atoms. The van der Waals surface area contributed by atoms with Gasteiger partial charge in [-0.05, 0) is 12.1 Å². The Morgan fingerprint density at radius 1 is 1.50 bits per heavy atom. The van der Waals surface area contributed by atoms with Gasteiger partial charge >= 0.3 is 0 Å². The Kier molecular flexibility index (Phi) is 4.01. The van der Waals surface area contributed by atoms with Gasteiger partial charge in [-0.3, -0.25) is 0 Å². The lowest BCUT2D eigenvalue weighted by molar-refractivity contribution is 0.0599. The molecule has 2 rings (SSSR count). The zero-order chi connectivity index (χ0) is 13.0. The number of ether oxygens (including phenoxy) is 1. The smallest absolute Gasteiger partial charge is 0.229 e. The van der Waals surface area contributed by atoms with Crippen molar-refractivity contribution in [2.75, 3.05) is 13.7 Å². The van der Waals surface area contributed by atoms with Crippen LogP contribution in [0.4, 0.5) is 4.39 Å². The fourth-order valence-corrected chi connectivity index (χ4v) is 1.54. The number of aromatic nitrogens is 2. The summed E-state index contributed by atoms with van der Waals surface area (Å²) < 4.78 is 22.8. The van der Waals surface area contributed by atoms with Gasteiger partial charge in [0.2, 0.25) is 11.7 Å². The molecule has 6 heteroatoms. The number of hydrogen-bond acceptors (Lipinski definition) is 5. The molecule has 0 aliphatic heterocycles. The first-order valence-corrected chi connectivity index (χ1v) is 5.44. The van der Waals surface area contributed by atoms with Crippen molar-refractivity contribution < 1.29 is 18.8 Å². The molecule has 96 valence electrons. The van der Waals surface area contributed by atoms with E-state index < -0.39 is 6.10 Å². The second kappa shape index (κ2) is 5.70. The van der Waals surface area contributed by atoms with Crippen molar-refractivity contribution in [2.45, 2.75) is 12.5 Å².